The van der Waals surface area contributed by atoms with Crippen LogP contribution in [-0.2, 0) is 13.2 Å². The standard InChI is InChI=1S/C25H20Cl3N3O2/c1-16-10-24(30-31(16)14-17-8-9-22(27)23(28)12-17)29-25(32)19-5-2-4-18(11-19)15-33-21-7-3-6-20(26)13-21/h2-13H,14-15H2,1H3,(H,29,30,32). The normalized spacial score (nSPS) is 10.8. The Morgan fingerprint density at radius 1 is 0.939 bits per heavy atom. The zero-order valence-electron chi connectivity index (χ0n) is 17.7. The third kappa shape index (κ3) is 6.08. The summed E-state index contributed by atoms with van der Waals surface area (Å²) >= 11 is 18.1. The second-order valence-electron chi connectivity index (χ2n) is 7.48. The molecule has 3 aromatic carbocycles. The van der Waals surface area contributed by atoms with Crippen LogP contribution in [0.2, 0.25) is 15.1 Å². The molecule has 1 amide bonds. The molecule has 1 heterocycles. The fourth-order valence-corrected chi connectivity index (χ4v) is 3.76. The highest BCUT2D eigenvalue weighted by Gasteiger charge is 2.12. The first-order valence-electron chi connectivity index (χ1n) is 10.1. The number of anilines is 1. The molecular weight excluding hydrogens is 481 g/mol. The molecule has 0 aliphatic carbocycles. The number of halogens is 3. The van der Waals surface area contributed by atoms with Gasteiger partial charge in [-0.3, -0.25) is 9.48 Å². The van der Waals surface area contributed by atoms with Crippen LogP contribution in [0, 0.1) is 6.92 Å². The fraction of sp³-hybridized carbons (Fsp3) is 0.120. The number of ether oxygens (including phenoxy) is 1. The molecule has 168 valence electrons. The predicted molar refractivity (Wildman–Crippen MR) is 133 cm³/mol. The first kappa shape index (κ1) is 23.2. The van der Waals surface area contributed by atoms with Gasteiger partial charge in [0.15, 0.2) is 5.82 Å². The number of carbonyl (C=O) groups excluding carboxylic acids is 1. The van der Waals surface area contributed by atoms with Gasteiger partial charge in [0.05, 0.1) is 16.6 Å². The van der Waals surface area contributed by atoms with Crippen molar-refractivity contribution < 1.29 is 9.53 Å². The Kier molecular flexibility index (Phi) is 7.23. The quantitative estimate of drug-likeness (QED) is 0.296. The molecular formula is C25H20Cl3N3O2. The minimum Gasteiger partial charge on any atom is -0.489 e. The summed E-state index contributed by atoms with van der Waals surface area (Å²) in [7, 11) is 0. The zero-order chi connectivity index (χ0) is 23.4. The molecule has 1 aromatic heterocycles. The highest BCUT2D eigenvalue weighted by atomic mass is 35.5. The van der Waals surface area contributed by atoms with Crippen molar-refractivity contribution in [2.24, 2.45) is 0 Å². The maximum Gasteiger partial charge on any atom is 0.256 e. The summed E-state index contributed by atoms with van der Waals surface area (Å²) in [5.41, 5.74) is 3.24. The topological polar surface area (TPSA) is 56.1 Å². The van der Waals surface area contributed by atoms with Crippen LogP contribution in [0.3, 0.4) is 0 Å². The van der Waals surface area contributed by atoms with Crippen LogP contribution >= 0.6 is 34.8 Å². The monoisotopic (exact) mass is 499 g/mol. The molecule has 0 aliphatic rings. The van der Waals surface area contributed by atoms with Crippen molar-refractivity contribution in [3.05, 3.63) is 110 Å². The van der Waals surface area contributed by atoms with Crippen LogP contribution in [0.4, 0.5) is 5.82 Å². The zero-order valence-corrected chi connectivity index (χ0v) is 20.0. The number of benzene rings is 3. The van der Waals surface area contributed by atoms with Gasteiger partial charge in [0.2, 0.25) is 0 Å². The van der Waals surface area contributed by atoms with E-state index < -0.39 is 0 Å². The molecule has 5 nitrogen and oxygen atoms in total. The smallest absolute Gasteiger partial charge is 0.256 e. The number of aromatic nitrogens is 2. The Bertz CT molecular complexity index is 1300. The Labute approximate surface area is 206 Å². The Morgan fingerprint density at radius 3 is 2.55 bits per heavy atom. The summed E-state index contributed by atoms with van der Waals surface area (Å²) in [6.45, 7) is 2.75. The highest BCUT2D eigenvalue weighted by Crippen LogP contribution is 2.24. The van der Waals surface area contributed by atoms with Crippen molar-refractivity contribution in [3.8, 4) is 5.75 Å². The van der Waals surface area contributed by atoms with Gasteiger partial charge in [0.1, 0.15) is 12.4 Å². The van der Waals surface area contributed by atoms with Crippen molar-refractivity contribution in [2.45, 2.75) is 20.1 Å². The van der Waals surface area contributed by atoms with Gasteiger partial charge in [0, 0.05) is 22.3 Å². The van der Waals surface area contributed by atoms with Gasteiger partial charge < -0.3 is 10.1 Å². The molecule has 0 aliphatic heterocycles. The summed E-state index contributed by atoms with van der Waals surface area (Å²) in [6.07, 6.45) is 0. The maximum absolute atomic E-state index is 12.8. The Morgan fingerprint density at radius 2 is 1.76 bits per heavy atom. The molecule has 33 heavy (non-hydrogen) atoms. The van der Waals surface area contributed by atoms with Crippen LogP contribution in [0.5, 0.6) is 5.75 Å². The third-order valence-electron chi connectivity index (χ3n) is 4.93. The molecule has 0 radical (unpaired) electrons. The number of aryl methyl sites for hydroxylation is 1. The molecule has 0 unspecified atom stereocenters. The Hall–Kier alpha value is -2.99. The SMILES string of the molecule is Cc1cc(NC(=O)c2cccc(COc3cccc(Cl)c3)c2)nn1Cc1ccc(Cl)c(Cl)c1. The van der Waals surface area contributed by atoms with Gasteiger partial charge in [0.25, 0.3) is 5.91 Å². The molecule has 0 saturated heterocycles. The van der Waals surface area contributed by atoms with Crippen LogP contribution in [0.25, 0.3) is 0 Å². The average Bonchev–Trinajstić information content (AvgIpc) is 3.13. The van der Waals surface area contributed by atoms with E-state index in [-0.39, 0.29) is 5.91 Å². The number of rotatable bonds is 7. The number of nitrogens with zero attached hydrogens (tertiary/aromatic N) is 2. The van der Waals surface area contributed by atoms with Crippen molar-refractivity contribution in [1.29, 1.82) is 0 Å². The molecule has 1 N–H and O–H groups in total. The molecule has 4 aromatic rings. The summed E-state index contributed by atoms with van der Waals surface area (Å²) in [5, 5.41) is 8.96. The summed E-state index contributed by atoms with van der Waals surface area (Å²) in [6, 6.07) is 21.7. The molecule has 8 heteroatoms. The van der Waals surface area contributed by atoms with E-state index >= 15 is 0 Å². The van der Waals surface area contributed by atoms with E-state index in [1.54, 1.807) is 41.1 Å². The van der Waals surface area contributed by atoms with Gasteiger partial charge in [-0.2, -0.15) is 5.10 Å². The van der Waals surface area contributed by atoms with E-state index in [0.29, 0.717) is 45.4 Å². The first-order chi connectivity index (χ1) is 15.9. The molecule has 0 bridgehead atoms. The predicted octanol–water partition coefficient (Wildman–Crippen LogP) is 7.03. The van der Waals surface area contributed by atoms with E-state index in [1.807, 2.05) is 43.3 Å². The van der Waals surface area contributed by atoms with Gasteiger partial charge >= 0.3 is 0 Å². The number of hydrogen-bond donors (Lipinski definition) is 1. The lowest BCUT2D eigenvalue weighted by atomic mass is 10.1. The van der Waals surface area contributed by atoms with Crippen LogP contribution < -0.4 is 10.1 Å². The highest BCUT2D eigenvalue weighted by molar-refractivity contribution is 6.42. The van der Waals surface area contributed by atoms with Gasteiger partial charge in [-0.25, -0.2) is 0 Å². The van der Waals surface area contributed by atoms with Gasteiger partial charge in [-0.15, -0.1) is 0 Å². The van der Waals surface area contributed by atoms with E-state index in [1.165, 1.54) is 0 Å². The van der Waals surface area contributed by atoms with E-state index in [9.17, 15) is 4.79 Å². The summed E-state index contributed by atoms with van der Waals surface area (Å²) < 4.78 is 7.56. The van der Waals surface area contributed by atoms with Crippen molar-refractivity contribution in [2.75, 3.05) is 5.32 Å². The lowest BCUT2D eigenvalue weighted by Gasteiger charge is -2.08. The van der Waals surface area contributed by atoms with Crippen molar-refractivity contribution >= 4 is 46.5 Å². The minimum atomic E-state index is -0.251. The minimum absolute atomic E-state index is 0.251. The van der Waals surface area contributed by atoms with E-state index in [2.05, 4.69) is 10.4 Å². The molecule has 4 rings (SSSR count). The maximum atomic E-state index is 12.8. The van der Waals surface area contributed by atoms with Gasteiger partial charge in [-0.05, 0) is 60.5 Å². The number of carbonyl (C=O) groups is 1. The molecule has 0 fully saturated rings. The van der Waals surface area contributed by atoms with Gasteiger partial charge in [-0.1, -0.05) is 59.1 Å². The van der Waals surface area contributed by atoms with Crippen molar-refractivity contribution in [1.82, 2.24) is 9.78 Å². The first-order valence-corrected chi connectivity index (χ1v) is 11.3. The molecule has 0 saturated carbocycles. The van der Waals surface area contributed by atoms with Crippen LogP contribution in [0.1, 0.15) is 27.2 Å². The largest absolute Gasteiger partial charge is 0.489 e. The number of amides is 1. The summed E-state index contributed by atoms with van der Waals surface area (Å²) in [5.74, 6) is 0.886. The van der Waals surface area contributed by atoms with E-state index in [4.69, 9.17) is 39.5 Å². The Balaban J connectivity index is 1.41. The van der Waals surface area contributed by atoms with Crippen LogP contribution in [-0.4, -0.2) is 15.7 Å². The van der Waals surface area contributed by atoms with Crippen LogP contribution in [0.15, 0.2) is 72.8 Å². The molecule has 0 atom stereocenters. The number of nitrogens with one attached hydrogen (secondary N) is 1. The average molecular weight is 501 g/mol. The number of hydrogen-bond acceptors (Lipinski definition) is 3. The lowest BCUT2D eigenvalue weighted by Crippen LogP contribution is -2.13. The summed E-state index contributed by atoms with van der Waals surface area (Å²) in [4.78, 5) is 12.8. The van der Waals surface area contributed by atoms with Crippen molar-refractivity contribution in [3.63, 3.8) is 0 Å². The second kappa shape index (κ2) is 10.3. The van der Waals surface area contributed by atoms with E-state index in [0.717, 1.165) is 16.8 Å². The third-order valence-corrected chi connectivity index (χ3v) is 5.90. The lowest BCUT2D eigenvalue weighted by molar-refractivity contribution is 0.102. The fourth-order valence-electron chi connectivity index (χ4n) is 3.26. The molecule has 0 spiro atoms. The second-order valence-corrected chi connectivity index (χ2v) is 8.73.